The quantitative estimate of drug-likeness (QED) is 0.0324. The minimum absolute atomic E-state index is 0.0311. The highest BCUT2D eigenvalue weighted by molar-refractivity contribution is 5.76. The van der Waals surface area contributed by atoms with Crippen LogP contribution in [0.4, 0.5) is 0 Å². The summed E-state index contributed by atoms with van der Waals surface area (Å²) < 4.78 is 5.44. The van der Waals surface area contributed by atoms with E-state index in [4.69, 9.17) is 4.74 Å². The van der Waals surface area contributed by atoms with Crippen LogP contribution in [-0.4, -0.2) is 47.4 Å². The highest BCUT2D eigenvalue weighted by Gasteiger charge is 2.20. The standard InChI is InChI=1S/C50H95NO5/c1-3-5-7-9-11-13-15-17-18-19-24-28-32-36-40-44-50(55)56-45-41-37-33-29-25-21-20-23-27-31-35-39-43-49(54)51-47(46-52)48(53)42-38-34-30-26-22-16-14-12-10-8-6-4-2/h17-18,21,25,47-48,52-53H,3-16,19-20,22-24,26-46H2,1-2H3,(H,51,54)/b18-17-,25-21-. The number of esters is 1. The fourth-order valence-corrected chi connectivity index (χ4v) is 7.39. The van der Waals surface area contributed by atoms with E-state index in [9.17, 15) is 19.8 Å². The van der Waals surface area contributed by atoms with E-state index in [0.717, 1.165) is 77.0 Å². The van der Waals surface area contributed by atoms with Crippen molar-refractivity contribution in [1.82, 2.24) is 5.32 Å². The molecule has 0 aromatic carbocycles. The molecule has 330 valence electrons. The van der Waals surface area contributed by atoms with Gasteiger partial charge in [-0.25, -0.2) is 0 Å². The molecule has 0 aromatic rings. The van der Waals surface area contributed by atoms with Gasteiger partial charge in [-0.3, -0.25) is 9.59 Å². The first-order valence-electron chi connectivity index (χ1n) is 24.6. The zero-order valence-corrected chi connectivity index (χ0v) is 37.4. The number of aliphatic hydroxyl groups is 2. The number of hydrogen-bond acceptors (Lipinski definition) is 5. The molecule has 56 heavy (non-hydrogen) atoms. The molecule has 0 rings (SSSR count). The van der Waals surface area contributed by atoms with Crippen LogP contribution in [0.1, 0.15) is 258 Å². The highest BCUT2D eigenvalue weighted by atomic mass is 16.5. The second-order valence-corrected chi connectivity index (χ2v) is 16.8. The number of ether oxygens (including phenoxy) is 1. The first kappa shape index (κ1) is 54.3. The van der Waals surface area contributed by atoms with Gasteiger partial charge in [0.1, 0.15) is 0 Å². The molecule has 0 fully saturated rings. The van der Waals surface area contributed by atoms with E-state index >= 15 is 0 Å². The number of carbonyl (C=O) groups is 2. The summed E-state index contributed by atoms with van der Waals surface area (Å²) >= 11 is 0. The van der Waals surface area contributed by atoms with Gasteiger partial charge in [0.2, 0.25) is 5.91 Å². The number of rotatable bonds is 45. The summed E-state index contributed by atoms with van der Waals surface area (Å²) in [5.41, 5.74) is 0. The van der Waals surface area contributed by atoms with Crippen LogP contribution in [0.25, 0.3) is 0 Å². The number of unbranched alkanes of at least 4 members (excludes halogenated alkanes) is 30. The molecule has 6 heteroatoms. The average molecular weight is 790 g/mol. The zero-order valence-electron chi connectivity index (χ0n) is 37.4. The number of aliphatic hydroxyl groups excluding tert-OH is 2. The monoisotopic (exact) mass is 790 g/mol. The third-order valence-electron chi connectivity index (χ3n) is 11.2. The molecule has 0 saturated carbocycles. The number of allylic oxidation sites excluding steroid dienone is 4. The van der Waals surface area contributed by atoms with Crippen molar-refractivity contribution in [2.24, 2.45) is 0 Å². The van der Waals surface area contributed by atoms with Crippen LogP contribution in [0.15, 0.2) is 24.3 Å². The van der Waals surface area contributed by atoms with Crippen molar-refractivity contribution in [3.8, 4) is 0 Å². The van der Waals surface area contributed by atoms with Gasteiger partial charge in [-0.2, -0.15) is 0 Å². The van der Waals surface area contributed by atoms with Crippen LogP contribution >= 0.6 is 0 Å². The number of carbonyl (C=O) groups excluding carboxylic acids is 2. The summed E-state index contributed by atoms with van der Waals surface area (Å²) in [7, 11) is 0. The van der Waals surface area contributed by atoms with Gasteiger partial charge in [-0.05, 0) is 83.5 Å². The summed E-state index contributed by atoms with van der Waals surface area (Å²) in [6.45, 7) is 4.87. The fourth-order valence-electron chi connectivity index (χ4n) is 7.39. The Morgan fingerprint density at radius 3 is 1.27 bits per heavy atom. The minimum atomic E-state index is -0.679. The molecule has 2 unspecified atom stereocenters. The van der Waals surface area contributed by atoms with Crippen molar-refractivity contribution in [2.45, 2.75) is 270 Å². The summed E-state index contributed by atoms with van der Waals surface area (Å²) in [5.74, 6) is -0.0935. The van der Waals surface area contributed by atoms with E-state index in [2.05, 4.69) is 43.5 Å². The molecule has 3 N–H and O–H groups in total. The second kappa shape index (κ2) is 46.0. The van der Waals surface area contributed by atoms with Crippen LogP contribution in [-0.2, 0) is 14.3 Å². The van der Waals surface area contributed by atoms with Crippen molar-refractivity contribution in [1.29, 1.82) is 0 Å². The van der Waals surface area contributed by atoms with Gasteiger partial charge in [-0.1, -0.05) is 186 Å². The number of hydrogen-bond donors (Lipinski definition) is 3. The van der Waals surface area contributed by atoms with Crippen LogP contribution in [0, 0.1) is 0 Å². The van der Waals surface area contributed by atoms with Gasteiger partial charge in [0.15, 0.2) is 0 Å². The second-order valence-electron chi connectivity index (χ2n) is 16.8. The summed E-state index contributed by atoms with van der Waals surface area (Å²) in [4.78, 5) is 24.4. The van der Waals surface area contributed by atoms with Gasteiger partial charge in [-0.15, -0.1) is 0 Å². The Morgan fingerprint density at radius 1 is 0.482 bits per heavy atom. The van der Waals surface area contributed by atoms with Gasteiger partial charge in [0.25, 0.3) is 0 Å². The molecule has 0 spiro atoms. The molecule has 0 saturated heterocycles. The van der Waals surface area contributed by atoms with Crippen molar-refractivity contribution >= 4 is 11.9 Å². The predicted octanol–water partition coefficient (Wildman–Crippen LogP) is 14.3. The molecular weight excluding hydrogens is 695 g/mol. The molecule has 6 nitrogen and oxygen atoms in total. The maximum absolute atomic E-state index is 12.4. The van der Waals surface area contributed by atoms with Crippen LogP contribution in [0.2, 0.25) is 0 Å². The third-order valence-corrected chi connectivity index (χ3v) is 11.2. The Kier molecular flexibility index (Phi) is 44.7. The summed E-state index contributed by atoms with van der Waals surface area (Å²) in [5, 5.41) is 23.1. The summed E-state index contributed by atoms with van der Waals surface area (Å²) in [6.07, 6.45) is 52.8. The first-order valence-corrected chi connectivity index (χ1v) is 24.6. The Bertz CT molecular complexity index is 874. The van der Waals surface area contributed by atoms with Crippen molar-refractivity contribution in [2.75, 3.05) is 13.2 Å². The van der Waals surface area contributed by atoms with E-state index < -0.39 is 12.1 Å². The molecule has 0 aliphatic rings. The number of nitrogens with one attached hydrogen (secondary N) is 1. The SMILES string of the molecule is CCCCCCCC/C=C\CCCCCCCC(=O)OCCCCC/C=C\CCCCCCCC(=O)NC(CO)C(O)CCCCCCCCCCCCCC. The maximum Gasteiger partial charge on any atom is 0.305 e. The van der Waals surface area contributed by atoms with E-state index in [1.54, 1.807) is 0 Å². The van der Waals surface area contributed by atoms with Crippen molar-refractivity contribution in [3.05, 3.63) is 24.3 Å². The van der Waals surface area contributed by atoms with E-state index in [1.807, 2.05) is 0 Å². The average Bonchev–Trinajstić information content (AvgIpc) is 3.20. The fraction of sp³-hybridized carbons (Fsp3) is 0.880. The van der Waals surface area contributed by atoms with Crippen LogP contribution < -0.4 is 5.32 Å². The summed E-state index contributed by atoms with van der Waals surface area (Å²) in [6, 6.07) is -0.559. The maximum atomic E-state index is 12.4. The molecule has 0 radical (unpaired) electrons. The lowest BCUT2D eigenvalue weighted by Crippen LogP contribution is -2.45. The predicted molar refractivity (Wildman–Crippen MR) is 241 cm³/mol. The lowest BCUT2D eigenvalue weighted by atomic mass is 10.0. The lowest BCUT2D eigenvalue weighted by molar-refractivity contribution is -0.143. The van der Waals surface area contributed by atoms with Crippen molar-refractivity contribution in [3.63, 3.8) is 0 Å². The Morgan fingerprint density at radius 2 is 0.839 bits per heavy atom. The van der Waals surface area contributed by atoms with Gasteiger partial charge >= 0.3 is 5.97 Å². The minimum Gasteiger partial charge on any atom is -0.466 e. The van der Waals surface area contributed by atoms with Gasteiger partial charge in [0.05, 0.1) is 25.4 Å². The van der Waals surface area contributed by atoms with Gasteiger partial charge < -0.3 is 20.3 Å². The molecule has 0 heterocycles. The largest absolute Gasteiger partial charge is 0.466 e. The smallest absolute Gasteiger partial charge is 0.305 e. The topological polar surface area (TPSA) is 95.9 Å². The van der Waals surface area contributed by atoms with E-state index in [1.165, 1.54) is 148 Å². The number of amides is 1. The Hall–Kier alpha value is -1.66. The van der Waals surface area contributed by atoms with Gasteiger partial charge in [0, 0.05) is 12.8 Å². The Labute approximate surface area is 348 Å². The van der Waals surface area contributed by atoms with Crippen molar-refractivity contribution < 1.29 is 24.5 Å². The molecule has 1 amide bonds. The van der Waals surface area contributed by atoms with Crippen LogP contribution in [0.3, 0.4) is 0 Å². The zero-order chi connectivity index (χ0) is 40.8. The van der Waals surface area contributed by atoms with E-state index in [-0.39, 0.29) is 18.5 Å². The molecule has 0 aromatic heterocycles. The molecule has 0 bridgehead atoms. The molecule has 0 aliphatic carbocycles. The lowest BCUT2D eigenvalue weighted by Gasteiger charge is -2.22. The Balaban J connectivity index is 3.51. The normalized spacial score (nSPS) is 12.9. The van der Waals surface area contributed by atoms with Crippen LogP contribution in [0.5, 0.6) is 0 Å². The molecule has 0 aliphatic heterocycles. The third kappa shape index (κ3) is 42.0. The highest BCUT2D eigenvalue weighted by Crippen LogP contribution is 2.15. The first-order chi connectivity index (χ1) is 27.5. The molecular formula is C50H95NO5. The van der Waals surface area contributed by atoms with E-state index in [0.29, 0.717) is 25.9 Å². The molecule has 2 atom stereocenters.